The molecule has 1 heterocycles. The number of sulfonamides is 1. The van der Waals surface area contributed by atoms with E-state index >= 15 is 0 Å². The first-order valence-electron chi connectivity index (χ1n) is 9.51. The highest BCUT2D eigenvalue weighted by atomic mass is 32.2. The lowest BCUT2D eigenvalue weighted by atomic mass is 9.98. The summed E-state index contributed by atoms with van der Waals surface area (Å²) in [5, 5.41) is 11.6. The Morgan fingerprint density at radius 3 is 2.16 bits per heavy atom. The molecule has 1 atom stereocenters. The van der Waals surface area contributed by atoms with Gasteiger partial charge in [-0.3, -0.25) is 5.01 Å². The van der Waals surface area contributed by atoms with Crippen molar-refractivity contribution in [3.63, 3.8) is 0 Å². The van der Waals surface area contributed by atoms with Crippen molar-refractivity contribution >= 4 is 21.4 Å². The average Bonchev–Trinajstić information content (AvgIpc) is 3.19. The zero-order valence-electron chi connectivity index (χ0n) is 16.5. The molecular weight excluding hydrogens is 443 g/mol. The van der Waals surface area contributed by atoms with Crippen molar-refractivity contribution in [3.05, 3.63) is 89.7 Å². The molecule has 3 aromatic carbocycles. The van der Waals surface area contributed by atoms with Crippen LogP contribution in [0.3, 0.4) is 0 Å². The smallest absolute Gasteiger partial charge is 0.387 e. The van der Waals surface area contributed by atoms with Gasteiger partial charge in [-0.2, -0.15) is 13.9 Å². The van der Waals surface area contributed by atoms with Crippen molar-refractivity contribution in [1.29, 1.82) is 0 Å². The lowest BCUT2D eigenvalue weighted by Crippen LogP contribution is -2.19. The number of ether oxygens (including phenoxy) is 1. The van der Waals surface area contributed by atoms with E-state index in [2.05, 4.69) is 9.84 Å². The standard InChI is InChI=1S/C22H18F3N3O3S/c23-16-5-1-15(2-6-16)21-13-20(14-3-9-18(10-4-14)31-22(24)25)27-28(21)17-7-11-19(12-8-17)32(26,29)30/h1-12,21-22H,13H2,(H2,26,29,30). The molecule has 0 aliphatic carbocycles. The van der Waals surface area contributed by atoms with Crippen LogP contribution in [0.25, 0.3) is 0 Å². The Labute approximate surface area is 182 Å². The number of primary sulfonamides is 1. The first kappa shape index (κ1) is 21.8. The largest absolute Gasteiger partial charge is 0.435 e. The summed E-state index contributed by atoms with van der Waals surface area (Å²) in [7, 11) is -3.84. The third-order valence-electron chi connectivity index (χ3n) is 5.01. The van der Waals surface area contributed by atoms with Gasteiger partial charge in [0.1, 0.15) is 11.6 Å². The molecule has 4 rings (SSSR count). The van der Waals surface area contributed by atoms with E-state index in [9.17, 15) is 21.6 Å². The quantitative estimate of drug-likeness (QED) is 0.589. The van der Waals surface area contributed by atoms with Crippen LogP contribution in [0.1, 0.15) is 23.6 Å². The number of nitrogens with two attached hydrogens (primary N) is 1. The third-order valence-corrected chi connectivity index (χ3v) is 5.94. The van der Waals surface area contributed by atoms with Gasteiger partial charge in [0.25, 0.3) is 0 Å². The van der Waals surface area contributed by atoms with Crippen molar-refractivity contribution in [2.45, 2.75) is 24.0 Å². The zero-order chi connectivity index (χ0) is 22.9. The highest BCUT2D eigenvalue weighted by Gasteiger charge is 2.30. The summed E-state index contributed by atoms with van der Waals surface area (Å²) in [5.41, 5.74) is 2.80. The molecule has 2 N–H and O–H groups in total. The molecule has 0 amide bonds. The molecule has 0 aromatic heterocycles. The number of rotatable bonds is 6. The molecule has 1 unspecified atom stereocenters. The molecule has 0 radical (unpaired) electrons. The van der Waals surface area contributed by atoms with E-state index in [0.717, 1.165) is 5.56 Å². The number of alkyl halides is 2. The molecule has 10 heteroatoms. The Bertz CT molecular complexity index is 1230. The second kappa shape index (κ2) is 8.64. The van der Waals surface area contributed by atoms with Crippen LogP contribution in [0.15, 0.2) is 82.8 Å². The van der Waals surface area contributed by atoms with Gasteiger partial charge in [-0.15, -0.1) is 0 Å². The van der Waals surface area contributed by atoms with Crippen LogP contribution in [0.2, 0.25) is 0 Å². The Kier molecular flexibility index (Phi) is 5.90. The van der Waals surface area contributed by atoms with Crippen LogP contribution < -0.4 is 14.9 Å². The van der Waals surface area contributed by atoms with E-state index in [1.165, 1.54) is 36.4 Å². The van der Waals surface area contributed by atoms with Crippen molar-refractivity contribution in [1.82, 2.24) is 0 Å². The fraction of sp³-hybridized carbons (Fsp3) is 0.136. The van der Waals surface area contributed by atoms with E-state index in [1.54, 1.807) is 41.4 Å². The number of benzene rings is 3. The summed E-state index contributed by atoms with van der Waals surface area (Å²) in [6, 6.07) is 17.8. The van der Waals surface area contributed by atoms with E-state index in [-0.39, 0.29) is 22.5 Å². The molecule has 32 heavy (non-hydrogen) atoms. The van der Waals surface area contributed by atoms with Gasteiger partial charge in [0, 0.05) is 6.42 Å². The van der Waals surface area contributed by atoms with Crippen LogP contribution in [-0.2, 0) is 10.0 Å². The molecule has 3 aromatic rings. The number of hydrogen-bond acceptors (Lipinski definition) is 5. The second-order valence-electron chi connectivity index (χ2n) is 7.10. The molecule has 0 fully saturated rings. The Morgan fingerprint density at radius 2 is 1.59 bits per heavy atom. The van der Waals surface area contributed by atoms with Crippen LogP contribution in [-0.4, -0.2) is 20.7 Å². The van der Waals surface area contributed by atoms with Crippen molar-refractivity contribution in [2.24, 2.45) is 10.2 Å². The number of nitrogens with zero attached hydrogens (tertiary/aromatic N) is 2. The van der Waals surface area contributed by atoms with Gasteiger partial charge in [0.05, 0.1) is 22.3 Å². The average molecular weight is 461 g/mol. The SMILES string of the molecule is NS(=O)(=O)c1ccc(N2N=C(c3ccc(OC(F)F)cc3)CC2c2ccc(F)cc2)cc1. The van der Waals surface area contributed by atoms with Gasteiger partial charge in [0.2, 0.25) is 10.0 Å². The molecule has 6 nitrogen and oxygen atoms in total. The van der Waals surface area contributed by atoms with Crippen LogP contribution in [0.5, 0.6) is 5.75 Å². The van der Waals surface area contributed by atoms with Gasteiger partial charge in [-0.25, -0.2) is 17.9 Å². The fourth-order valence-corrected chi connectivity index (χ4v) is 4.00. The van der Waals surface area contributed by atoms with Crippen LogP contribution in [0, 0.1) is 5.82 Å². The Morgan fingerprint density at radius 1 is 0.969 bits per heavy atom. The first-order chi connectivity index (χ1) is 15.2. The molecule has 0 bridgehead atoms. The van der Waals surface area contributed by atoms with E-state index < -0.39 is 16.6 Å². The lowest BCUT2D eigenvalue weighted by Gasteiger charge is -2.24. The molecule has 0 saturated heterocycles. The van der Waals surface area contributed by atoms with Crippen LogP contribution in [0.4, 0.5) is 18.9 Å². The molecule has 1 aliphatic heterocycles. The van der Waals surface area contributed by atoms with Gasteiger partial charge < -0.3 is 4.74 Å². The molecule has 166 valence electrons. The maximum Gasteiger partial charge on any atom is 0.387 e. The maximum absolute atomic E-state index is 13.4. The summed E-state index contributed by atoms with van der Waals surface area (Å²) in [6.45, 7) is -2.91. The topological polar surface area (TPSA) is 85.0 Å². The monoisotopic (exact) mass is 461 g/mol. The minimum absolute atomic E-state index is 0.0300. The summed E-state index contributed by atoms with van der Waals surface area (Å²) >= 11 is 0. The predicted molar refractivity (Wildman–Crippen MR) is 114 cm³/mol. The summed E-state index contributed by atoms with van der Waals surface area (Å²) in [6.07, 6.45) is 0.456. The Balaban J connectivity index is 1.69. The maximum atomic E-state index is 13.4. The Hall–Kier alpha value is -3.37. The second-order valence-corrected chi connectivity index (χ2v) is 8.67. The minimum Gasteiger partial charge on any atom is -0.435 e. The molecule has 1 aliphatic rings. The number of hydrogen-bond donors (Lipinski definition) is 1. The normalized spacial score (nSPS) is 16.3. The molecule has 0 spiro atoms. The van der Waals surface area contributed by atoms with Crippen molar-refractivity contribution < 1.29 is 26.3 Å². The number of halogens is 3. The van der Waals surface area contributed by atoms with Gasteiger partial charge >= 0.3 is 6.61 Å². The summed E-state index contributed by atoms with van der Waals surface area (Å²) < 4.78 is 65.8. The molecule has 0 saturated carbocycles. The summed E-state index contributed by atoms with van der Waals surface area (Å²) in [4.78, 5) is -0.0300. The lowest BCUT2D eigenvalue weighted by molar-refractivity contribution is -0.0498. The van der Waals surface area contributed by atoms with E-state index in [1.807, 2.05) is 0 Å². The number of hydrazone groups is 1. The van der Waals surface area contributed by atoms with Gasteiger partial charge in [0.15, 0.2) is 0 Å². The minimum atomic E-state index is -3.84. The number of anilines is 1. The fourth-order valence-electron chi connectivity index (χ4n) is 3.48. The summed E-state index contributed by atoms with van der Waals surface area (Å²) in [5.74, 6) is -0.334. The zero-order valence-corrected chi connectivity index (χ0v) is 17.3. The van der Waals surface area contributed by atoms with Crippen molar-refractivity contribution in [3.8, 4) is 5.75 Å². The highest BCUT2D eigenvalue weighted by molar-refractivity contribution is 7.89. The van der Waals surface area contributed by atoms with E-state index in [0.29, 0.717) is 23.4 Å². The van der Waals surface area contributed by atoms with Crippen LogP contribution >= 0.6 is 0 Å². The predicted octanol–water partition coefficient (Wildman–Crippen LogP) is 4.43. The van der Waals surface area contributed by atoms with Crippen molar-refractivity contribution in [2.75, 3.05) is 5.01 Å². The van der Waals surface area contributed by atoms with Gasteiger partial charge in [-0.1, -0.05) is 12.1 Å². The van der Waals surface area contributed by atoms with Gasteiger partial charge in [-0.05, 0) is 71.8 Å². The van der Waals surface area contributed by atoms with E-state index in [4.69, 9.17) is 5.14 Å². The molecular formula is C22H18F3N3O3S. The highest BCUT2D eigenvalue weighted by Crippen LogP contribution is 2.37. The first-order valence-corrected chi connectivity index (χ1v) is 11.1. The third kappa shape index (κ3) is 4.76.